The monoisotopic (exact) mass is 298 g/mol. The Morgan fingerprint density at radius 2 is 2.20 bits per heavy atom. The molecule has 1 saturated carbocycles. The fraction of sp³-hybridized carbons (Fsp3) is 0.857. The lowest BCUT2D eigenvalue weighted by Gasteiger charge is -2.33. The number of H-pyrrole nitrogens is 1. The van der Waals surface area contributed by atoms with E-state index in [-0.39, 0.29) is 11.7 Å². The molecule has 0 radical (unpaired) electrons. The van der Waals surface area contributed by atoms with Crippen LogP contribution in [0.15, 0.2) is 9.95 Å². The maximum absolute atomic E-state index is 11.7. The van der Waals surface area contributed by atoms with Crippen LogP contribution in [0.5, 0.6) is 0 Å². The fourth-order valence-corrected chi connectivity index (χ4v) is 4.34. The largest absolute Gasteiger partial charge is 0.343 e. The highest BCUT2D eigenvalue weighted by molar-refractivity contribution is 7.99. The molecule has 5 nitrogen and oxygen atoms in total. The minimum atomic E-state index is -0.108. The molecule has 0 spiro atoms. The minimum absolute atomic E-state index is 0.108. The van der Waals surface area contributed by atoms with Gasteiger partial charge in [-0.15, -0.1) is 5.10 Å². The summed E-state index contributed by atoms with van der Waals surface area (Å²) in [6.45, 7) is 5.03. The zero-order valence-electron chi connectivity index (χ0n) is 12.5. The second-order valence-electron chi connectivity index (χ2n) is 5.75. The van der Waals surface area contributed by atoms with E-state index in [1.54, 1.807) is 16.3 Å². The molecule has 0 amide bonds. The van der Waals surface area contributed by atoms with E-state index in [0.717, 1.165) is 36.9 Å². The van der Waals surface area contributed by atoms with Gasteiger partial charge in [0, 0.05) is 17.8 Å². The van der Waals surface area contributed by atoms with Crippen LogP contribution in [0.2, 0.25) is 0 Å². The predicted molar refractivity (Wildman–Crippen MR) is 83.0 cm³/mol. The van der Waals surface area contributed by atoms with Gasteiger partial charge in [-0.1, -0.05) is 38.5 Å². The SMILES string of the molecule is CCCC1CCC(N)C(Sc2n[nH]c(=O)n2CCC)C1. The summed E-state index contributed by atoms with van der Waals surface area (Å²) in [7, 11) is 0. The molecule has 0 bridgehead atoms. The Bertz CT molecular complexity index is 470. The maximum Gasteiger partial charge on any atom is 0.343 e. The zero-order chi connectivity index (χ0) is 14.5. The second kappa shape index (κ2) is 7.31. The Morgan fingerprint density at radius 1 is 1.40 bits per heavy atom. The quantitative estimate of drug-likeness (QED) is 0.845. The topological polar surface area (TPSA) is 76.7 Å². The Balaban J connectivity index is 2.05. The number of nitrogens with two attached hydrogens (primary N) is 1. The molecule has 1 fully saturated rings. The lowest BCUT2D eigenvalue weighted by molar-refractivity contribution is 0.316. The van der Waals surface area contributed by atoms with Crippen molar-refractivity contribution in [3.8, 4) is 0 Å². The summed E-state index contributed by atoms with van der Waals surface area (Å²) in [5, 5.41) is 7.91. The van der Waals surface area contributed by atoms with Crippen molar-refractivity contribution in [2.45, 2.75) is 75.4 Å². The Kier molecular flexibility index (Phi) is 5.72. The number of nitrogens with one attached hydrogen (secondary N) is 1. The van der Waals surface area contributed by atoms with Gasteiger partial charge in [-0.25, -0.2) is 9.89 Å². The molecule has 2 rings (SSSR count). The molecule has 0 aliphatic heterocycles. The normalized spacial score (nSPS) is 26.9. The molecule has 3 N–H and O–H groups in total. The summed E-state index contributed by atoms with van der Waals surface area (Å²) < 4.78 is 1.74. The van der Waals surface area contributed by atoms with E-state index in [0.29, 0.717) is 5.25 Å². The van der Waals surface area contributed by atoms with Gasteiger partial charge in [0.2, 0.25) is 0 Å². The third-order valence-corrected chi connectivity index (χ3v) is 5.44. The predicted octanol–water partition coefficient (Wildman–Crippen LogP) is 2.37. The van der Waals surface area contributed by atoms with Gasteiger partial charge in [-0.05, 0) is 31.6 Å². The molecule has 20 heavy (non-hydrogen) atoms. The van der Waals surface area contributed by atoms with Gasteiger partial charge in [0.05, 0.1) is 0 Å². The lowest BCUT2D eigenvalue weighted by atomic mass is 9.83. The van der Waals surface area contributed by atoms with E-state index in [1.807, 2.05) is 0 Å². The molecule has 1 aromatic rings. The van der Waals surface area contributed by atoms with Crippen LogP contribution in [-0.2, 0) is 6.54 Å². The molecule has 3 atom stereocenters. The van der Waals surface area contributed by atoms with E-state index in [9.17, 15) is 4.79 Å². The van der Waals surface area contributed by atoms with Gasteiger partial charge >= 0.3 is 5.69 Å². The van der Waals surface area contributed by atoms with Crippen LogP contribution in [-0.4, -0.2) is 26.1 Å². The van der Waals surface area contributed by atoms with Crippen LogP contribution in [0.25, 0.3) is 0 Å². The van der Waals surface area contributed by atoms with Crippen molar-refractivity contribution < 1.29 is 0 Å². The van der Waals surface area contributed by atoms with Gasteiger partial charge in [-0.3, -0.25) is 4.57 Å². The van der Waals surface area contributed by atoms with Gasteiger partial charge in [0.25, 0.3) is 0 Å². The highest BCUT2D eigenvalue weighted by atomic mass is 32.2. The number of hydrogen-bond acceptors (Lipinski definition) is 4. The molecular formula is C14H26N4OS. The van der Waals surface area contributed by atoms with Crippen LogP contribution in [0.4, 0.5) is 0 Å². The van der Waals surface area contributed by atoms with Crippen LogP contribution in [0.1, 0.15) is 52.4 Å². The summed E-state index contributed by atoms with van der Waals surface area (Å²) in [6, 6.07) is 0.218. The van der Waals surface area contributed by atoms with Crippen LogP contribution >= 0.6 is 11.8 Å². The Hall–Kier alpha value is -0.750. The molecule has 3 unspecified atom stereocenters. The number of nitrogens with zero attached hydrogens (tertiary/aromatic N) is 2. The molecule has 6 heteroatoms. The van der Waals surface area contributed by atoms with Gasteiger partial charge in [0.1, 0.15) is 0 Å². The summed E-state index contributed by atoms with van der Waals surface area (Å²) in [5.41, 5.74) is 6.16. The number of rotatable bonds is 6. The lowest BCUT2D eigenvalue weighted by Crippen LogP contribution is -2.38. The molecule has 1 heterocycles. The third kappa shape index (κ3) is 3.67. The van der Waals surface area contributed by atoms with Gasteiger partial charge < -0.3 is 5.73 Å². The van der Waals surface area contributed by atoms with Gasteiger partial charge in [0.15, 0.2) is 5.16 Å². The van der Waals surface area contributed by atoms with E-state index >= 15 is 0 Å². The minimum Gasteiger partial charge on any atom is -0.327 e. The Morgan fingerprint density at radius 3 is 2.90 bits per heavy atom. The highest BCUT2D eigenvalue weighted by Crippen LogP contribution is 2.36. The van der Waals surface area contributed by atoms with Crippen molar-refractivity contribution in [1.29, 1.82) is 0 Å². The van der Waals surface area contributed by atoms with Crippen molar-refractivity contribution in [3.63, 3.8) is 0 Å². The van der Waals surface area contributed by atoms with Crippen molar-refractivity contribution in [2.75, 3.05) is 0 Å². The Labute approximate surface area is 124 Å². The van der Waals surface area contributed by atoms with Crippen molar-refractivity contribution in [2.24, 2.45) is 11.7 Å². The average molecular weight is 298 g/mol. The first-order chi connectivity index (χ1) is 9.65. The smallest absolute Gasteiger partial charge is 0.327 e. The molecule has 0 aromatic carbocycles. The molecule has 0 saturated heterocycles. The molecule has 1 aromatic heterocycles. The first-order valence-corrected chi connectivity index (χ1v) is 8.61. The maximum atomic E-state index is 11.7. The van der Waals surface area contributed by atoms with Gasteiger partial charge in [-0.2, -0.15) is 0 Å². The summed E-state index contributed by atoms with van der Waals surface area (Å²) >= 11 is 1.69. The van der Waals surface area contributed by atoms with Crippen molar-refractivity contribution in [1.82, 2.24) is 14.8 Å². The number of aromatic amines is 1. The summed E-state index contributed by atoms with van der Waals surface area (Å²) in [6.07, 6.45) is 6.93. The first kappa shape index (κ1) is 15.6. The standard InChI is InChI=1S/C14H26N4OS/c1-3-5-10-6-7-11(15)12(9-10)20-14-17-16-13(19)18(14)8-4-2/h10-12H,3-9,15H2,1-2H3,(H,16,19). The van der Waals surface area contributed by atoms with Crippen LogP contribution < -0.4 is 11.4 Å². The van der Waals surface area contributed by atoms with Crippen molar-refractivity contribution >= 4 is 11.8 Å². The number of aromatic nitrogens is 3. The number of thioether (sulfide) groups is 1. The third-order valence-electron chi connectivity index (χ3n) is 4.08. The summed E-state index contributed by atoms with van der Waals surface area (Å²) in [5.74, 6) is 0.780. The van der Waals surface area contributed by atoms with E-state index in [1.165, 1.54) is 19.3 Å². The average Bonchev–Trinajstić information content (AvgIpc) is 2.76. The van der Waals surface area contributed by atoms with E-state index in [4.69, 9.17) is 5.73 Å². The number of hydrogen-bond donors (Lipinski definition) is 2. The molecule has 1 aliphatic carbocycles. The first-order valence-electron chi connectivity index (χ1n) is 7.73. The van der Waals surface area contributed by atoms with E-state index in [2.05, 4.69) is 24.0 Å². The van der Waals surface area contributed by atoms with E-state index < -0.39 is 0 Å². The molecular weight excluding hydrogens is 272 g/mol. The highest BCUT2D eigenvalue weighted by Gasteiger charge is 2.29. The molecule has 114 valence electrons. The van der Waals surface area contributed by atoms with Crippen LogP contribution in [0.3, 0.4) is 0 Å². The summed E-state index contributed by atoms with van der Waals surface area (Å²) in [4.78, 5) is 11.7. The zero-order valence-corrected chi connectivity index (χ0v) is 13.3. The second-order valence-corrected chi connectivity index (χ2v) is 6.96. The fourth-order valence-electron chi connectivity index (χ4n) is 2.99. The van der Waals surface area contributed by atoms with Crippen molar-refractivity contribution in [3.05, 3.63) is 10.5 Å². The van der Waals surface area contributed by atoms with Crippen LogP contribution in [0, 0.1) is 5.92 Å². The molecule has 1 aliphatic rings.